The van der Waals surface area contributed by atoms with Gasteiger partial charge in [0.25, 0.3) is 0 Å². The van der Waals surface area contributed by atoms with E-state index in [1.54, 1.807) is 0 Å². The van der Waals surface area contributed by atoms with Crippen LogP contribution in [-0.4, -0.2) is 18.3 Å². The first kappa shape index (κ1) is 13.1. The molecule has 0 radical (unpaired) electrons. The molecule has 1 N–H and O–H groups in total. The summed E-state index contributed by atoms with van der Waals surface area (Å²) in [5.74, 6) is -0.379. The summed E-state index contributed by atoms with van der Waals surface area (Å²) in [5, 5.41) is 17.5. The third-order valence-corrected chi connectivity index (χ3v) is 2.56. The van der Waals surface area contributed by atoms with Gasteiger partial charge in [0.15, 0.2) is 6.10 Å². The van der Waals surface area contributed by atoms with Gasteiger partial charge >= 0.3 is 0 Å². The molecular weight excluding hydrogens is 277 g/mol. The second-order valence-electron chi connectivity index (χ2n) is 3.13. The minimum absolute atomic E-state index is 0.0191. The van der Waals surface area contributed by atoms with E-state index >= 15 is 0 Å². The van der Waals surface area contributed by atoms with Crippen molar-refractivity contribution in [1.29, 1.82) is 5.26 Å². The Labute approximate surface area is 102 Å². The van der Waals surface area contributed by atoms with E-state index in [1.807, 2.05) is 6.07 Å². The molecule has 0 fully saturated rings. The van der Waals surface area contributed by atoms with Crippen molar-refractivity contribution in [1.82, 2.24) is 0 Å². The van der Waals surface area contributed by atoms with Crippen molar-refractivity contribution in [3.63, 3.8) is 0 Å². The fraction of sp³-hybridized carbons (Fsp3) is 0.364. The summed E-state index contributed by atoms with van der Waals surface area (Å²) >= 11 is 3.05. The van der Waals surface area contributed by atoms with Gasteiger partial charge in [-0.05, 0) is 40.0 Å². The minimum Gasteiger partial charge on any atom is -0.396 e. The molecule has 0 saturated heterocycles. The maximum absolute atomic E-state index is 13.0. The Balaban J connectivity index is 2.72. The van der Waals surface area contributed by atoms with Crippen molar-refractivity contribution >= 4 is 15.9 Å². The van der Waals surface area contributed by atoms with Crippen LogP contribution < -0.4 is 0 Å². The molecule has 1 atom stereocenters. The van der Waals surface area contributed by atoms with Crippen LogP contribution in [0.3, 0.4) is 0 Å². The molecule has 0 aliphatic carbocycles. The third kappa shape index (κ3) is 3.56. The van der Waals surface area contributed by atoms with Crippen LogP contribution >= 0.6 is 15.9 Å². The van der Waals surface area contributed by atoms with Gasteiger partial charge in [0.05, 0.1) is 17.1 Å². The van der Waals surface area contributed by atoms with Crippen LogP contribution in [0, 0.1) is 17.1 Å². The number of nitriles is 1. The summed E-state index contributed by atoms with van der Waals surface area (Å²) in [5.41, 5.74) is 0.591. The van der Waals surface area contributed by atoms with E-state index in [1.165, 1.54) is 18.2 Å². The molecule has 0 bridgehead atoms. The van der Waals surface area contributed by atoms with Gasteiger partial charge in [0.2, 0.25) is 0 Å². The zero-order valence-corrected chi connectivity index (χ0v) is 10.1. The topological polar surface area (TPSA) is 53.2 Å². The number of halogens is 2. The summed E-state index contributed by atoms with van der Waals surface area (Å²) in [6.07, 6.45) is -0.260. The second kappa shape index (κ2) is 6.59. The Morgan fingerprint density at radius 3 is 2.88 bits per heavy atom. The molecule has 5 heteroatoms. The Morgan fingerprint density at radius 1 is 1.56 bits per heavy atom. The molecule has 0 aromatic heterocycles. The van der Waals surface area contributed by atoms with Gasteiger partial charge in [-0.3, -0.25) is 0 Å². The van der Waals surface area contributed by atoms with E-state index in [-0.39, 0.29) is 12.4 Å². The number of benzene rings is 1. The number of hydrogen-bond donors (Lipinski definition) is 1. The maximum atomic E-state index is 13.0. The van der Waals surface area contributed by atoms with E-state index in [4.69, 9.17) is 15.1 Å². The lowest BCUT2D eigenvalue weighted by Gasteiger charge is -2.11. The lowest BCUT2D eigenvalue weighted by molar-refractivity contribution is 0.0773. The molecule has 16 heavy (non-hydrogen) atoms. The van der Waals surface area contributed by atoms with E-state index in [0.29, 0.717) is 23.1 Å². The molecule has 1 unspecified atom stereocenters. The highest BCUT2D eigenvalue weighted by Gasteiger charge is 2.12. The molecule has 1 aromatic carbocycles. The fourth-order valence-electron chi connectivity index (χ4n) is 1.15. The standard InChI is InChI=1S/C11H11BrFNO2/c12-9-6-8(2-3-10(9)13)11(7-14)16-5-1-4-15/h2-3,6,11,15H,1,4-5H2. The highest BCUT2D eigenvalue weighted by molar-refractivity contribution is 9.10. The second-order valence-corrected chi connectivity index (χ2v) is 3.98. The first-order valence-electron chi connectivity index (χ1n) is 4.76. The Bertz CT molecular complexity index is 392. The summed E-state index contributed by atoms with van der Waals surface area (Å²) in [7, 11) is 0. The average Bonchev–Trinajstić information content (AvgIpc) is 2.29. The Hall–Kier alpha value is -0.960. The van der Waals surface area contributed by atoms with E-state index in [0.717, 1.165) is 0 Å². The monoisotopic (exact) mass is 287 g/mol. The molecule has 0 aliphatic heterocycles. The van der Waals surface area contributed by atoms with E-state index in [2.05, 4.69) is 15.9 Å². The lowest BCUT2D eigenvalue weighted by atomic mass is 10.1. The molecule has 0 saturated carbocycles. The van der Waals surface area contributed by atoms with Crippen LogP contribution in [0.2, 0.25) is 0 Å². The third-order valence-electron chi connectivity index (χ3n) is 1.95. The molecule has 0 heterocycles. The first-order chi connectivity index (χ1) is 7.69. The van der Waals surface area contributed by atoms with E-state index < -0.39 is 6.10 Å². The number of aliphatic hydroxyl groups excluding tert-OH is 1. The smallest absolute Gasteiger partial charge is 0.169 e. The van der Waals surface area contributed by atoms with Crippen molar-refractivity contribution in [3.8, 4) is 6.07 Å². The maximum Gasteiger partial charge on any atom is 0.169 e. The fourth-order valence-corrected chi connectivity index (χ4v) is 1.55. The number of ether oxygens (including phenoxy) is 1. The number of hydrogen-bond acceptors (Lipinski definition) is 3. The molecule has 1 aromatic rings. The quantitative estimate of drug-likeness (QED) is 0.847. The normalized spacial score (nSPS) is 12.1. The predicted molar refractivity (Wildman–Crippen MR) is 60.1 cm³/mol. The van der Waals surface area contributed by atoms with Crippen LogP contribution in [0.4, 0.5) is 4.39 Å². The number of rotatable bonds is 5. The van der Waals surface area contributed by atoms with Crippen LogP contribution in [0.15, 0.2) is 22.7 Å². The Morgan fingerprint density at radius 2 is 2.31 bits per heavy atom. The SMILES string of the molecule is N#CC(OCCCO)c1ccc(F)c(Br)c1. The number of aliphatic hydroxyl groups is 1. The van der Waals surface area contributed by atoms with Crippen molar-refractivity contribution in [2.24, 2.45) is 0 Å². The van der Waals surface area contributed by atoms with Crippen LogP contribution in [0.5, 0.6) is 0 Å². The van der Waals surface area contributed by atoms with E-state index in [9.17, 15) is 4.39 Å². The van der Waals surface area contributed by atoms with Crippen molar-refractivity contribution in [2.75, 3.05) is 13.2 Å². The minimum atomic E-state index is -0.733. The van der Waals surface area contributed by atoms with Crippen LogP contribution in [-0.2, 0) is 4.74 Å². The van der Waals surface area contributed by atoms with Crippen LogP contribution in [0.1, 0.15) is 18.1 Å². The summed E-state index contributed by atoms with van der Waals surface area (Å²) in [6, 6.07) is 6.28. The van der Waals surface area contributed by atoms with Crippen molar-refractivity contribution in [3.05, 3.63) is 34.1 Å². The highest BCUT2D eigenvalue weighted by atomic mass is 79.9. The molecular formula is C11H11BrFNO2. The molecule has 1 rings (SSSR count). The van der Waals surface area contributed by atoms with Gasteiger partial charge in [0, 0.05) is 6.61 Å². The summed E-state index contributed by atoms with van der Waals surface area (Å²) in [6.45, 7) is 0.314. The zero-order valence-electron chi connectivity index (χ0n) is 8.49. The Kier molecular flexibility index (Phi) is 5.39. The molecule has 0 amide bonds. The lowest BCUT2D eigenvalue weighted by Crippen LogP contribution is -2.05. The highest BCUT2D eigenvalue weighted by Crippen LogP contribution is 2.23. The average molecular weight is 288 g/mol. The van der Waals surface area contributed by atoms with Crippen molar-refractivity contribution in [2.45, 2.75) is 12.5 Å². The first-order valence-corrected chi connectivity index (χ1v) is 5.55. The van der Waals surface area contributed by atoms with Gasteiger partial charge in [0.1, 0.15) is 5.82 Å². The van der Waals surface area contributed by atoms with Gasteiger partial charge in [-0.25, -0.2) is 4.39 Å². The predicted octanol–water partition coefficient (Wildman–Crippen LogP) is 2.55. The van der Waals surface area contributed by atoms with Gasteiger partial charge < -0.3 is 9.84 Å². The molecule has 0 aliphatic rings. The van der Waals surface area contributed by atoms with Gasteiger partial charge in [-0.1, -0.05) is 6.07 Å². The summed E-state index contributed by atoms with van der Waals surface area (Å²) in [4.78, 5) is 0. The van der Waals surface area contributed by atoms with Crippen LogP contribution in [0.25, 0.3) is 0 Å². The molecule has 3 nitrogen and oxygen atoms in total. The van der Waals surface area contributed by atoms with Gasteiger partial charge in [-0.2, -0.15) is 5.26 Å². The molecule has 86 valence electrons. The number of nitrogens with zero attached hydrogens (tertiary/aromatic N) is 1. The van der Waals surface area contributed by atoms with Crippen molar-refractivity contribution < 1.29 is 14.2 Å². The van der Waals surface area contributed by atoms with Gasteiger partial charge in [-0.15, -0.1) is 0 Å². The largest absolute Gasteiger partial charge is 0.396 e. The zero-order chi connectivity index (χ0) is 12.0. The summed E-state index contributed by atoms with van der Waals surface area (Å²) < 4.78 is 18.5. The molecule has 0 spiro atoms.